The number of carbonyl (C=O) groups is 1. The predicted molar refractivity (Wildman–Crippen MR) is 89.8 cm³/mol. The molecule has 0 aliphatic carbocycles. The fourth-order valence-electron chi connectivity index (χ4n) is 1.49. The number of carbonyl (C=O) groups excluding carboxylic acids is 1. The quantitative estimate of drug-likeness (QED) is 0.600. The summed E-state index contributed by atoms with van der Waals surface area (Å²) in [6, 6.07) is 11.1. The number of hydrogen-bond donors (Lipinski definition) is 1. The molecule has 4 nitrogen and oxygen atoms in total. The molecule has 1 heterocycles. The smallest absolute Gasteiger partial charge is 0.250 e. The van der Waals surface area contributed by atoms with Gasteiger partial charge in [0.15, 0.2) is 4.67 Å². The molecule has 0 saturated carbocycles. The number of nitrogens with zero attached hydrogens (tertiary/aromatic N) is 1. The Morgan fingerprint density at radius 1 is 1.43 bits per heavy atom. The van der Waals surface area contributed by atoms with Crippen LogP contribution in [0.5, 0.6) is 0 Å². The molecule has 0 aliphatic rings. The Hall–Kier alpha value is -1.24. The van der Waals surface area contributed by atoms with Gasteiger partial charge in [-0.1, -0.05) is 23.7 Å². The first kappa shape index (κ1) is 16.1. The van der Waals surface area contributed by atoms with Gasteiger partial charge in [-0.2, -0.15) is 5.10 Å². The van der Waals surface area contributed by atoms with Crippen molar-refractivity contribution in [3.8, 4) is 0 Å². The number of halogens is 2. The molecule has 2 rings (SSSR count). The van der Waals surface area contributed by atoms with E-state index >= 15 is 0 Å². The fraction of sp³-hybridized carbons (Fsp3) is 0.143. The summed E-state index contributed by atoms with van der Waals surface area (Å²) in [4.78, 5) is 11.6. The monoisotopic (exact) mass is 386 g/mol. The molecular weight excluding hydrogens is 376 g/mol. The Labute approximate surface area is 140 Å². The van der Waals surface area contributed by atoms with Crippen LogP contribution in [0.2, 0.25) is 5.02 Å². The second-order valence-corrected chi connectivity index (χ2v) is 6.26. The fourth-order valence-corrected chi connectivity index (χ4v) is 2.79. The summed E-state index contributed by atoms with van der Waals surface area (Å²) in [6.07, 6.45) is 1.45. The number of nitrogens with one attached hydrogen (secondary N) is 1. The average molecular weight is 388 g/mol. The van der Waals surface area contributed by atoms with Gasteiger partial charge in [0.05, 0.1) is 12.0 Å². The molecule has 0 atom stereocenters. The zero-order valence-corrected chi connectivity index (χ0v) is 14.0. The van der Waals surface area contributed by atoms with E-state index in [0.717, 1.165) is 11.3 Å². The Morgan fingerprint density at radius 2 is 2.29 bits per heavy atom. The zero-order valence-electron chi connectivity index (χ0n) is 10.9. The van der Waals surface area contributed by atoms with Crippen LogP contribution in [0.1, 0.15) is 11.3 Å². The van der Waals surface area contributed by atoms with Crippen molar-refractivity contribution in [2.45, 2.75) is 5.75 Å². The van der Waals surface area contributed by atoms with Crippen molar-refractivity contribution in [1.82, 2.24) is 5.43 Å². The van der Waals surface area contributed by atoms with Gasteiger partial charge in [0, 0.05) is 10.8 Å². The van der Waals surface area contributed by atoms with Crippen LogP contribution in [0, 0.1) is 0 Å². The number of rotatable bonds is 6. The molecular formula is C14H12BrClN2O2S. The number of hydrogen-bond acceptors (Lipinski definition) is 4. The maximum Gasteiger partial charge on any atom is 0.250 e. The SMILES string of the molecule is O=C(CSCc1cccc(Cl)c1)N/N=C\c1ccc(Br)o1. The van der Waals surface area contributed by atoms with E-state index in [1.54, 1.807) is 12.1 Å². The summed E-state index contributed by atoms with van der Waals surface area (Å²) >= 11 is 10.6. The van der Waals surface area contributed by atoms with E-state index in [-0.39, 0.29) is 5.91 Å². The Kier molecular flexibility index (Phi) is 6.35. The van der Waals surface area contributed by atoms with Crippen LogP contribution < -0.4 is 5.43 Å². The molecule has 21 heavy (non-hydrogen) atoms. The second-order valence-electron chi connectivity index (χ2n) is 4.06. The molecule has 0 spiro atoms. The van der Waals surface area contributed by atoms with Crippen LogP contribution in [0.25, 0.3) is 0 Å². The van der Waals surface area contributed by atoms with Gasteiger partial charge in [-0.05, 0) is 45.8 Å². The molecule has 2 aromatic rings. The first-order valence-electron chi connectivity index (χ1n) is 6.03. The standard InChI is InChI=1S/C14H12BrClN2O2S/c15-13-5-4-12(20-13)7-17-18-14(19)9-21-8-10-2-1-3-11(16)6-10/h1-7H,8-9H2,(H,18,19)/b17-7-. The molecule has 1 aromatic carbocycles. The van der Waals surface area contributed by atoms with Crippen LogP contribution in [-0.2, 0) is 10.5 Å². The van der Waals surface area contributed by atoms with E-state index in [1.807, 2.05) is 24.3 Å². The van der Waals surface area contributed by atoms with E-state index in [2.05, 4.69) is 26.5 Å². The number of hydrazone groups is 1. The van der Waals surface area contributed by atoms with E-state index in [1.165, 1.54) is 18.0 Å². The maximum absolute atomic E-state index is 11.6. The van der Waals surface area contributed by atoms with Gasteiger partial charge in [0.1, 0.15) is 5.76 Å². The van der Waals surface area contributed by atoms with Crippen LogP contribution in [0.4, 0.5) is 0 Å². The summed E-state index contributed by atoms with van der Waals surface area (Å²) in [5.41, 5.74) is 3.53. The highest BCUT2D eigenvalue weighted by atomic mass is 79.9. The van der Waals surface area contributed by atoms with Crippen molar-refractivity contribution >= 4 is 51.4 Å². The summed E-state index contributed by atoms with van der Waals surface area (Å²) in [7, 11) is 0. The van der Waals surface area contributed by atoms with Crippen molar-refractivity contribution in [1.29, 1.82) is 0 Å². The largest absolute Gasteiger partial charge is 0.448 e. The van der Waals surface area contributed by atoms with Gasteiger partial charge >= 0.3 is 0 Å². The van der Waals surface area contributed by atoms with Crippen LogP contribution in [0.3, 0.4) is 0 Å². The lowest BCUT2D eigenvalue weighted by atomic mass is 10.2. The number of furan rings is 1. The minimum Gasteiger partial charge on any atom is -0.448 e. The summed E-state index contributed by atoms with van der Waals surface area (Å²) in [5.74, 6) is 1.45. The van der Waals surface area contributed by atoms with Gasteiger partial charge in [-0.3, -0.25) is 4.79 Å². The highest BCUT2D eigenvalue weighted by molar-refractivity contribution is 9.10. The molecule has 110 valence electrons. The normalized spacial score (nSPS) is 11.0. The molecule has 1 amide bonds. The van der Waals surface area contributed by atoms with E-state index in [9.17, 15) is 4.79 Å². The number of amides is 1. The lowest BCUT2D eigenvalue weighted by Crippen LogP contribution is -2.19. The second kappa shape index (κ2) is 8.26. The summed E-state index contributed by atoms with van der Waals surface area (Å²) in [5, 5.41) is 4.52. The first-order chi connectivity index (χ1) is 10.1. The van der Waals surface area contributed by atoms with Gasteiger partial charge in [-0.15, -0.1) is 11.8 Å². The van der Waals surface area contributed by atoms with Crippen molar-refractivity contribution < 1.29 is 9.21 Å². The molecule has 0 bridgehead atoms. The van der Waals surface area contributed by atoms with E-state index < -0.39 is 0 Å². The molecule has 1 N–H and O–H groups in total. The van der Waals surface area contributed by atoms with Gasteiger partial charge in [0.2, 0.25) is 5.91 Å². The molecule has 1 aromatic heterocycles. The van der Waals surface area contributed by atoms with Crippen molar-refractivity contribution in [2.75, 3.05) is 5.75 Å². The molecule has 7 heteroatoms. The van der Waals surface area contributed by atoms with Crippen molar-refractivity contribution in [3.05, 3.63) is 57.4 Å². The topological polar surface area (TPSA) is 54.6 Å². The minimum atomic E-state index is -0.163. The Morgan fingerprint density at radius 3 is 3.00 bits per heavy atom. The Bertz CT molecular complexity index is 645. The number of thioether (sulfide) groups is 1. The average Bonchev–Trinajstić information content (AvgIpc) is 2.84. The molecule has 0 saturated heterocycles. The predicted octanol–water partition coefficient (Wildman–Crippen LogP) is 4.08. The van der Waals surface area contributed by atoms with Crippen molar-refractivity contribution in [3.63, 3.8) is 0 Å². The third-order valence-electron chi connectivity index (χ3n) is 2.37. The molecule has 0 unspecified atom stereocenters. The highest BCUT2D eigenvalue weighted by Gasteiger charge is 2.01. The van der Waals surface area contributed by atoms with Crippen molar-refractivity contribution in [2.24, 2.45) is 5.10 Å². The minimum absolute atomic E-state index is 0.163. The lowest BCUT2D eigenvalue weighted by Gasteiger charge is -2.01. The molecule has 0 radical (unpaired) electrons. The third-order valence-corrected chi connectivity index (χ3v) is 4.03. The van der Waals surface area contributed by atoms with Gasteiger partial charge in [-0.25, -0.2) is 5.43 Å². The Balaban J connectivity index is 1.69. The van der Waals surface area contributed by atoms with Crippen LogP contribution >= 0.6 is 39.3 Å². The molecule has 0 fully saturated rings. The van der Waals surface area contributed by atoms with Gasteiger partial charge in [0.25, 0.3) is 0 Å². The van der Waals surface area contributed by atoms with E-state index in [0.29, 0.717) is 21.2 Å². The van der Waals surface area contributed by atoms with Gasteiger partial charge < -0.3 is 4.42 Å². The third kappa shape index (κ3) is 5.95. The first-order valence-corrected chi connectivity index (χ1v) is 8.35. The highest BCUT2D eigenvalue weighted by Crippen LogP contribution is 2.16. The van der Waals surface area contributed by atoms with Crippen LogP contribution in [-0.4, -0.2) is 17.9 Å². The van der Waals surface area contributed by atoms with E-state index in [4.69, 9.17) is 16.0 Å². The number of benzene rings is 1. The zero-order chi connectivity index (χ0) is 15.1. The lowest BCUT2D eigenvalue weighted by molar-refractivity contribution is -0.118. The summed E-state index contributed by atoms with van der Waals surface area (Å²) < 4.78 is 5.83. The summed E-state index contributed by atoms with van der Waals surface area (Å²) in [6.45, 7) is 0. The molecule has 0 aliphatic heterocycles. The van der Waals surface area contributed by atoms with Crippen LogP contribution in [0.15, 0.2) is 50.6 Å². The maximum atomic E-state index is 11.6.